The van der Waals surface area contributed by atoms with Gasteiger partial charge in [-0.05, 0) is 23.1 Å². The first-order chi connectivity index (χ1) is 12.2. The second-order valence-electron chi connectivity index (χ2n) is 5.51. The van der Waals surface area contributed by atoms with Gasteiger partial charge in [-0.1, -0.05) is 36.4 Å². The van der Waals surface area contributed by atoms with Gasteiger partial charge >= 0.3 is 0 Å². The highest BCUT2D eigenvalue weighted by Gasteiger charge is 2.19. The second-order valence-corrected chi connectivity index (χ2v) is 6.49. The predicted molar refractivity (Wildman–Crippen MR) is 101 cm³/mol. The van der Waals surface area contributed by atoms with Crippen LogP contribution in [0.4, 0.5) is 0 Å². The van der Waals surface area contributed by atoms with Crippen LogP contribution in [-0.4, -0.2) is 14.2 Å². The van der Waals surface area contributed by atoms with Crippen LogP contribution >= 0.6 is 11.3 Å². The van der Waals surface area contributed by atoms with Gasteiger partial charge in [0.2, 0.25) is 0 Å². The molecule has 0 fully saturated rings. The molecule has 5 heteroatoms. The van der Waals surface area contributed by atoms with Crippen molar-refractivity contribution in [2.45, 2.75) is 12.6 Å². The molecule has 0 unspecified atom stereocenters. The van der Waals surface area contributed by atoms with Crippen molar-refractivity contribution in [1.82, 2.24) is 0 Å². The van der Waals surface area contributed by atoms with Gasteiger partial charge in [0.15, 0.2) is 11.5 Å². The van der Waals surface area contributed by atoms with Crippen molar-refractivity contribution < 1.29 is 14.2 Å². The lowest BCUT2D eigenvalue weighted by molar-refractivity contribution is 0.296. The molecule has 25 heavy (non-hydrogen) atoms. The zero-order chi connectivity index (χ0) is 17.6. The minimum absolute atomic E-state index is 0.287. The van der Waals surface area contributed by atoms with Crippen molar-refractivity contribution in [3.63, 3.8) is 0 Å². The lowest BCUT2D eigenvalue weighted by Gasteiger charge is -2.19. The van der Waals surface area contributed by atoms with Crippen LogP contribution < -0.4 is 19.9 Å². The van der Waals surface area contributed by atoms with Crippen LogP contribution in [-0.2, 0) is 6.61 Å². The summed E-state index contributed by atoms with van der Waals surface area (Å²) in [6, 6.07) is 17.5. The van der Waals surface area contributed by atoms with Crippen LogP contribution in [0.25, 0.3) is 0 Å². The van der Waals surface area contributed by atoms with E-state index in [0.29, 0.717) is 23.9 Å². The third-order valence-corrected chi connectivity index (χ3v) is 4.89. The van der Waals surface area contributed by atoms with Crippen LogP contribution in [0, 0.1) is 0 Å². The molecule has 0 aliphatic rings. The lowest BCUT2D eigenvalue weighted by Crippen LogP contribution is -2.13. The number of nitrogens with two attached hydrogens (primary N) is 1. The molecule has 0 saturated carbocycles. The summed E-state index contributed by atoms with van der Waals surface area (Å²) in [5.41, 5.74) is 8.44. The predicted octanol–water partition coefficient (Wildman–Crippen LogP) is 4.39. The van der Waals surface area contributed by atoms with E-state index in [-0.39, 0.29) is 6.04 Å². The second kappa shape index (κ2) is 8.05. The Morgan fingerprint density at radius 2 is 1.64 bits per heavy atom. The van der Waals surface area contributed by atoms with Gasteiger partial charge in [-0.15, -0.1) is 11.3 Å². The molecule has 4 nitrogen and oxygen atoms in total. The maximum absolute atomic E-state index is 6.48. The van der Waals surface area contributed by atoms with Crippen LogP contribution in [0.1, 0.15) is 22.0 Å². The molecular weight excluding hydrogens is 334 g/mol. The third kappa shape index (κ3) is 3.95. The molecule has 1 aromatic heterocycles. The Balaban J connectivity index is 1.95. The Hall–Kier alpha value is -2.50. The summed E-state index contributed by atoms with van der Waals surface area (Å²) in [6.45, 7) is 0.459. The van der Waals surface area contributed by atoms with Crippen molar-refractivity contribution in [3.8, 4) is 17.2 Å². The van der Waals surface area contributed by atoms with Crippen molar-refractivity contribution in [3.05, 3.63) is 76.0 Å². The molecular formula is C20H21NO3S. The summed E-state index contributed by atoms with van der Waals surface area (Å²) in [5, 5.41) is 2.01. The quantitative estimate of drug-likeness (QED) is 0.683. The van der Waals surface area contributed by atoms with Crippen LogP contribution in [0.2, 0.25) is 0 Å². The lowest BCUT2D eigenvalue weighted by atomic mass is 10.0. The molecule has 2 aromatic carbocycles. The summed E-state index contributed by atoms with van der Waals surface area (Å²) in [7, 11) is 3.22. The Labute approximate surface area is 151 Å². The molecule has 0 saturated heterocycles. The fourth-order valence-electron chi connectivity index (χ4n) is 2.60. The van der Waals surface area contributed by atoms with Gasteiger partial charge in [-0.3, -0.25) is 0 Å². The summed E-state index contributed by atoms with van der Waals surface area (Å²) in [6.07, 6.45) is 0. The molecule has 0 radical (unpaired) electrons. The van der Waals surface area contributed by atoms with E-state index in [1.165, 1.54) is 0 Å². The fourth-order valence-corrected chi connectivity index (χ4v) is 3.35. The number of hydrogen-bond acceptors (Lipinski definition) is 5. The minimum Gasteiger partial charge on any atom is -0.493 e. The smallest absolute Gasteiger partial charge is 0.164 e. The number of benzene rings is 2. The van der Waals surface area contributed by atoms with Crippen LogP contribution in [0.15, 0.2) is 60.0 Å². The van der Waals surface area contributed by atoms with Crippen molar-refractivity contribution >= 4 is 11.3 Å². The van der Waals surface area contributed by atoms with Gasteiger partial charge in [-0.25, -0.2) is 0 Å². The van der Waals surface area contributed by atoms with Crippen molar-refractivity contribution in [2.75, 3.05) is 14.2 Å². The Morgan fingerprint density at radius 3 is 2.28 bits per heavy atom. The molecule has 0 aliphatic carbocycles. The number of ether oxygens (including phenoxy) is 3. The van der Waals surface area contributed by atoms with Crippen LogP contribution in [0.3, 0.4) is 0 Å². The molecule has 0 aliphatic heterocycles. The average Bonchev–Trinajstić information content (AvgIpc) is 3.20. The molecule has 2 N–H and O–H groups in total. The zero-order valence-electron chi connectivity index (χ0n) is 14.3. The minimum atomic E-state index is -0.287. The van der Waals surface area contributed by atoms with Gasteiger partial charge in [0.05, 0.1) is 20.3 Å². The standard InChI is InChI=1S/C20H21NO3S/c1-22-17-11-15(20(21)19-9-6-10-25-19)16(12-18(17)23-2)24-13-14-7-4-3-5-8-14/h3-12,20H,13,21H2,1-2H3/t20-/m1/s1. The van der Waals surface area contributed by atoms with E-state index >= 15 is 0 Å². The van der Waals surface area contributed by atoms with E-state index in [2.05, 4.69) is 0 Å². The van der Waals surface area contributed by atoms with Crippen LogP contribution in [0.5, 0.6) is 17.2 Å². The van der Waals surface area contributed by atoms with E-state index in [1.54, 1.807) is 25.6 Å². The van der Waals surface area contributed by atoms with E-state index in [4.69, 9.17) is 19.9 Å². The first kappa shape index (κ1) is 17.3. The highest BCUT2D eigenvalue weighted by atomic mass is 32.1. The van der Waals surface area contributed by atoms with E-state index in [9.17, 15) is 0 Å². The van der Waals surface area contributed by atoms with Gasteiger partial charge < -0.3 is 19.9 Å². The largest absolute Gasteiger partial charge is 0.493 e. The normalized spacial score (nSPS) is 11.8. The molecule has 0 amide bonds. The number of hydrogen-bond donors (Lipinski definition) is 1. The number of methoxy groups -OCH3 is 2. The maximum atomic E-state index is 6.48. The Bertz CT molecular complexity index is 803. The zero-order valence-corrected chi connectivity index (χ0v) is 15.1. The van der Waals surface area contributed by atoms with Gasteiger partial charge in [-0.2, -0.15) is 0 Å². The average molecular weight is 355 g/mol. The Morgan fingerprint density at radius 1 is 0.920 bits per heavy atom. The first-order valence-electron chi connectivity index (χ1n) is 7.94. The maximum Gasteiger partial charge on any atom is 0.164 e. The summed E-state index contributed by atoms with van der Waals surface area (Å²) in [4.78, 5) is 1.07. The molecule has 3 rings (SSSR count). The van der Waals surface area contributed by atoms with Gasteiger partial charge in [0.25, 0.3) is 0 Å². The molecule has 0 spiro atoms. The molecule has 3 aromatic rings. The van der Waals surface area contributed by atoms with E-state index < -0.39 is 0 Å². The summed E-state index contributed by atoms with van der Waals surface area (Å²) < 4.78 is 16.9. The van der Waals surface area contributed by atoms with E-state index in [1.807, 2.05) is 60.0 Å². The van der Waals surface area contributed by atoms with Gasteiger partial charge in [0.1, 0.15) is 12.4 Å². The van der Waals surface area contributed by atoms with E-state index in [0.717, 1.165) is 16.0 Å². The molecule has 0 bridgehead atoms. The Kier molecular flexibility index (Phi) is 5.58. The fraction of sp³-hybridized carbons (Fsp3) is 0.200. The third-order valence-electron chi connectivity index (χ3n) is 3.94. The first-order valence-corrected chi connectivity index (χ1v) is 8.82. The highest BCUT2D eigenvalue weighted by molar-refractivity contribution is 7.10. The summed E-state index contributed by atoms with van der Waals surface area (Å²) >= 11 is 1.62. The highest BCUT2D eigenvalue weighted by Crippen LogP contribution is 2.39. The molecule has 1 atom stereocenters. The van der Waals surface area contributed by atoms with Crippen molar-refractivity contribution in [2.24, 2.45) is 5.73 Å². The monoisotopic (exact) mass is 355 g/mol. The number of rotatable bonds is 7. The number of thiophene rings is 1. The molecule has 1 heterocycles. The molecule has 130 valence electrons. The topological polar surface area (TPSA) is 53.7 Å². The SMILES string of the molecule is COc1cc(OCc2ccccc2)c([C@@H](N)c2cccs2)cc1OC. The van der Waals surface area contributed by atoms with Crippen molar-refractivity contribution in [1.29, 1.82) is 0 Å². The van der Waals surface area contributed by atoms with Gasteiger partial charge in [0, 0.05) is 16.5 Å². The summed E-state index contributed by atoms with van der Waals surface area (Å²) in [5.74, 6) is 1.95.